The molecule has 0 saturated carbocycles. The maximum absolute atomic E-state index is 13.3. The first-order valence-electron chi connectivity index (χ1n) is 16.2. The molecule has 2 aliphatic rings. The third kappa shape index (κ3) is 8.43. The van der Waals surface area contributed by atoms with Crippen molar-refractivity contribution in [3.8, 4) is 0 Å². The Labute approximate surface area is 274 Å². The van der Waals surface area contributed by atoms with Gasteiger partial charge < -0.3 is 9.80 Å². The van der Waals surface area contributed by atoms with Gasteiger partial charge in [-0.05, 0) is 68.1 Å². The van der Waals surface area contributed by atoms with Gasteiger partial charge in [0.1, 0.15) is 0 Å². The molecule has 2 saturated heterocycles. The zero-order valence-electron chi connectivity index (χ0n) is 26.9. The molecule has 1 atom stereocenters. The van der Waals surface area contributed by atoms with Crippen LogP contribution in [0.2, 0.25) is 0 Å². The second-order valence-corrected chi connectivity index (χ2v) is 16.3. The maximum atomic E-state index is 13.3. The van der Waals surface area contributed by atoms with Gasteiger partial charge in [-0.25, -0.2) is 16.8 Å². The summed E-state index contributed by atoms with van der Waals surface area (Å²) in [6.07, 6.45) is 4.22. The third-order valence-electron chi connectivity index (χ3n) is 9.36. The number of amides is 1. The Balaban J connectivity index is 1.15. The van der Waals surface area contributed by atoms with E-state index in [0.29, 0.717) is 37.6 Å². The van der Waals surface area contributed by atoms with E-state index in [1.165, 1.54) is 11.8 Å². The van der Waals surface area contributed by atoms with E-state index in [0.717, 1.165) is 44.5 Å². The van der Waals surface area contributed by atoms with Gasteiger partial charge in [0.05, 0.1) is 16.2 Å². The van der Waals surface area contributed by atoms with Crippen LogP contribution in [0.15, 0.2) is 94.7 Å². The minimum Gasteiger partial charge on any atom is -0.340 e. The predicted molar refractivity (Wildman–Crippen MR) is 181 cm³/mol. The van der Waals surface area contributed by atoms with E-state index in [1.807, 2.05) is 24.0 Å². The molecule has 5 rings (SSSR count). The highest BCUT2D eigenvalue weighted by Crippen LogP contribution is 2.28. The summed E-state index contributed by atoms with van der Waals surface area (Å²) in [6.45, 7) is 7.73. The van der Waals surface area contributed by atoms with E-state index < -0.39 is 19.9 Å². The van der Waals surface area contributed by atoms with Gasteiger partial charge in [-0.15, -0.1) is 0 Å². The van der Waals surface area contributed by atoms with Crippen molar-refractivity contribution in [2.45, 2.75) is 54.5 Å². The Hall–Kier alpha value is -3.09. The molecule has 0 radical (unpaired) electrons. The fourth-order valence-corrected chi connectivity index (χ4v) is 8.83. The molecule has 0 aromatic heterocycles. The van der Waals surface area contributed by atoms with Crippen LogP contribution >= 0.6 is 0 Å². The smallest absolute Gasteiger partial charge is 0.243 e. The zero-order chi connectivity index (χ0) is 32.7. The highest BCUT2D eigenvalue weighted by molar-refractivity contribution is 7.90. The van der Waals surface area contributed by atoms with Gasteiger partial charge in [-0.3, -0.25) is 9.69 Å². The normalized spacial score (nSPS) is 18.3. The number of carbonyl (C=O) groups excluding carboxylic acids is 1. The lowest BCUT2D eigenvalue weighted by molar-refractivity contribution is -0.133. The van der Waals surface area contributed by atoms with Crippen molar-refractivity contribution < 1.29 is 21.6 Å². The van der Waals surface area contributed by atoms with Crippen LogP contribution in [0.3, 0.4) is 0 Å². The minimum atomic E-state index is -3.50. The van der Waals surface area contributed by atoms with Gasteiger partial charge in [0, 0.05) is 64.2 Å². The van der Waals surface area contributed by atoms with E-state index in [2.05, 4.69) is 34.1 Å². The number of sulfonamides is 1. The quantitative estimate of drug-likeness (QED) is 0.287. The second kappa shape index (κ2) is 15.2. The first-order valence-corrected chi connectivity index (χ1v) is 19.5. The summed E-state index contributed by atoms with van der Waals surface area (Å²) >= 11 is 0. The average molecular weight is 667 g/mol. The predicted octanol–water partition coefficient (Wildman–Crippen LogP) is 4.08. The van der Waals surface area contributed by atoms with Crippen molar-refractivity contribution in [3.63, 3.8) is 0 Å². The van der Waals surface area contributed by atoms with Crippen molar-refractivity contribution in [1.29, 1.82) is 0 Å². The number of piperazine rings is 1. The molecule has 2 fully saturated rings. The number of carbonyl (C=O) groups is 1. The summed E-state index contributed by atoms with van der Waals surface area (Å²) in [5, 5.41) is 0. The number of hydrogen-bond acceptors (Lipinski definition) is 7. The van der Waals surface area contributed by atoms with E-state index >= 15 is 0 Å². The topological polar surface area (TPSA) is 98.3 Å². The summed E-state index contributed by atoms with van der Waals surface area (Å²) in [5.74, 6) is 0.0746. The number of sulfone groups is 1. The van der Waals surface area contributed by atoms with Gasteiger partial charge in [-0.2, -0.15) is 4.31 Å². The number of nitrogens with zero attached hydrogens (tertiary/aromatic N) is 4. The molecule has 3 aromatic carbocycles. The SMILES string of the molecule is CCN(C(=O)Cc1ccc(S(C)(=O)=O)cc1)C1CCN(CCC(c2ccccc2)N2CCN(S(=O)(=O)c3ccccc3)CC2)CC1. The van der Waals surface area contributed by atoms with Crippen molar-refractivity contribution in [1.82, 2.24) is 19.0 Å². The molecule has 248 valence electrons. The Morgan fingerprint density at radius 2 is 1.37 bits per heavy atom. The molecular formula is C35H46N4O5S2. The molecule has 9 nitrogen and oxygen atoms in total. The van der Waals surface area contributed by atoms with Gasteiger partial charge in [0.25, 0.3) is 0 Å². The number of likely N-dealkylation sites (N-methyl/N-ethyl adjacent to an activating group) is 1. The number of rotatable bonds is 12. The van der Waals surface area contributed by atoms with Crippen molar-refractivity contribution in [3.05, 3.63) is 96.1 Å². The van der Waals surface area contributed by atoms with Crippen LogP contribution in [0, 0.1) is 0 Å². The molecule has 0 spiro atoms. The highest BCUT2D eigenvalue weighted by Gasteiger charge is 2.32. The molecule has 1 amide bonds. The first kappa shape index (κ1) is 34.3. The summed E-state index contributed by atoms with van der Waals surface area (Å²) in [5.41, 5.74) is 2.07. The molecule has 2 aliphatic heterocycles. The van der Waals surface area contributed by atoms with E-state index in [-0.39, 0.29) is 29.3 Å². The van der Waals surface area contributed by atoms with Gasteiger partial charge in [0.15, 0.2) is 9.84 Å². The fourth-order valence-electron chi connectivity index (χ4n) is 6.76. The van der Waals surface area contributed by atoms with Gasteiger partial charge >= 0.3 is 0 Å². The second-order valence-electron chi connectivity index (χ2n) is 12.3. The molecule has 0 N–H and O–H groups in total. The van der Waals surface area contributed by atoms with E-state index in [4.69, 9.17) is 0 Å². The number of likely N-dealkylation sites (tertiary alicyclic amines) is 1. The first-order chi connectivity index (χ1) is 22.1. The molecule has 2 heterocycles. The van der Waals surface area contributed by atoms with Crippen LogP contribution in [-0.2, 0) is 31.1 Å². The number of piperidine rings is 1. The summed E-state index contributed by atoms with van der Waals surface area (Å²) < 4.78 is 51.6. The van der Waals surface area contributed by atoms with Crippen LogP contribution in [0.5, 0.6) is 0 Å². The monoisotopic (exact) mass is 666 g/mol. The lowest BCUT2D eigenvalue weighted by atomic mass is 9.98. The van der Waals surface area contributed by atoms with E-state index in [1.54, 1.807) is 52.8 Å². The minimum absolute atomic E-state index is 0.0746. The number of hydrogen-bond donors (Lipinski definition) is 0. The Morgan fingerprint density at radius 3 is 1.93 bits per heavy atom. The average Bonchev–Trinajstić information content (AvgIpc) is 3.07. The Kier molecular flexibility index (Phi) is 11.3. The summed E-state index contributed by atoms with van der Waals surface area (Å²) in [7, 11) is -6.77. The van der Waals surface area contributed by atoms with Crippen LogP contribution in [-0.4, -0.2) is 106 Å². The summed E-state index contributed by atoms with van der Waals surface area (Å²) in [6, 6.07) is 26.2. The van der Waals surface area contributed by atoms with Crippen LogP contribution in [0.1, 0.15) is 43.4 Å². The van der Waals surface area contributed by atoms with Crippen molar-refractivity contribution >= 4 is 25.8 Å². The van der Waals surface area contributed by atoms with Crippen molar-refractivity contribution in [2.24, 2.45) is 0 Å². The standard InChI is InChI=1S/C35H46N4O5S2/c1-3-39(35(40)28-29-14-16-32(17-15-29)45(2,41)42)31-18-21-36(22-19-31)23-20-34(30-10-6-4-7-11-30)37-24-26-38(27-25-37)46(43,44)33-12-8-5-9-13-33/h4-17,31,34H,3,18-28H2,1-2H3. The molecule has 3 aromatic rings. The third-order valence-corrected chi connectivity index (χ3v) is 12.4. The zero-order valence-corrected chi connectivity index (χ0v) is 28.5. The van der Waals surface area contributed by atoms with Crippen LogP contribution in [0.25, 0.3) is 0 Å². The van der Waals surface area contributed by atoms with Crippen molar-refractivity contribution in [2.75, 3.05) is 58.6 Å². The Morgan fingerprint density at radius 1 is 0.783 bits per heavy atom. The molecule has 46 heavy (non-hydrogen) atoms. The molecule has 0 aliphatic carbocycles. The maximum Gasteiger partial charge on any atom is 0.243 e. The lowest BCUT2D eigenvalue weighted by Crippen LogP contribution is -2.50. The lowest BCUT2D eigenvalue weighted by Gasteiger charge is -2.41. The molecular weight excluding hydrogens is 621 g/mol. The largest absolute Gasteiger partial charge is 0.340 e. The molecule has 11 heteroatoms. The highest BCUT2D eigenvalue weighted by atomic mass is 32.2. The fraction of sp³-hybridized carbons (Fsp3) is 0.457. The van der Waals surface area contributed by atoms with Crippen LogP contribution in [0.4, 0.5) is 0 Å². The van der Waals surface area contributed by atoms with Gasteiger partial charge in [-0.1, -0.05) is 60.7 Å². The Bertz CT molecular complexity index is 1640. The summed E-state index contributed by atoms with van der Waals surface area (Å²) in [4.78, 5) is 20.8. The number of benzene rings is 3. The van der Waals surface area contributed by atoms with Gasteiger partial charge in [0.2, 0.25) is 15.9 Å². The molecule has 0 bridgehead atoms. The van der Waals surface area contributed by atoms with E-state index in [9.17, 15) is 21.6 Å². The molecule has 1 unspecified atom stereocenters. The van der Waals surface area contributed by atoms with Crippen LogP contribution < -0.4 is 0 Å².